The molecule has 1 heterocycles. The summed E-state index contributed by atoms with van der Waals surface area (Å²) in [5, 5.41) is 12.4. The van der Waals surface area contributed by atoms with Crippen molar-refractivity contribution in [3.63, 3.8) is 0 Å². The van der Waals surface area contributed by atoms with Crippen molar-refractivity contribution in [1.82, 2.24) is 0 Å². The molecule has 0 fully saturated rings. The lowest BCUT2D eigenvalue weighted by Gasteiger charge is -2.15. The van der Waals surface area contributed by atoms with Crippen LogP contribution in [0, 0.1) is 12.3 Å². The third-order valence-electron chi connectivity index (χ3n) is 1.92. The molecule has 0 saturated carbocycles. The lowest BCUT2D eigenvalue weighted by molar-refractivity contribution is -0.137. The van der Waals surface area contributed by atoms with Crippen molar-refractivity contribution >= 4 is 17.3 Å². The lowest BCUT2D eigenvalue weighted by Crippen LogP contribution is -2.30. The van der Waals surface area contributed by atoms with Gasteiger partial charge in [-0.2, -0.15) is 11.3 Å². The van der Waals surface area contributed by atoms with Crippen molar-refractivity contribution in [2.75, 3.05) is 0 Å². The van der Waals surface area contributed by atoms with E-state index in [0.29, 0.717) is 0 Å². The van der Waals surface area contributed by atoms with Gasteiger partial charge in [0.15, 0.2) is 0 Å². The zero-order valence-corrected chi connectivity index (χ0v) is 8.33. The highest BCUT2D eigenvalue weighted by molar-refractivity contribution is 7.08. The van der Waals surface area contributed by atoms with E-state index in [-0.39, 0.29) is 12.3 Å². The Morgan fingerprint density at radius 2 is 2.50 bits per heavy atom. The molecule has 0 aromatic carbocycles. The van der Waals surface area contributed by atoms with Crippen molar-refractivity contribution in [3.05, 3.63) is 22.4 Å². The average molecular weight is 209 g/mol. The smallest absolute Gasteiger partial charge is 0.304 e. The number of terminal acetylenes is 1. The molecule has 0 radical (unpaired) electrons. The van der Waals surface area contributed by atoms with Gasteiger partial charge in [0.05, 0.1) is 12.3 Å². The zero-order chi connectivity index (χ0) is 10.6. The van der Waals surface area contributed by atoms with E-state index in [9.17, 15) is 4.79 Å². The van der Waals surface area contributed by atoms with Crippen LogP contribution in [0.25, 0.3) is 0 Å². The Hall–Kier alpha value is -1.31. The van der Waals surface area contributed by atoms with Gasteiger partial charge in [0.2, 0.25) is 0 Å². The molecule has 4 heteroatoms. The molecular weight excluding hydrogens is 198 g/mol. The predicted octanol–water partition coefficient (Wildman–Crippen LogP) is 1.27. The van der Waals surface area contributed by atoms with Crippen molar-refractivity contribution in [1.29, 1.82) is 0 Å². The van der Waals surface area contributed by atoms with Gasteiger partial charge in [-0.3, -0.25) is 4.79 Å². The molecule has 1 rings (SSSR count). The van der Waals surface area contributed by atoms with Gasteiger partial charge in [-0.05, 0) is 22.4 Å². The number of aliphatic carboxylic acids is 1. The molecule has 1 aromatic rings. The molecule has 14 heavy (non-hydrogen) atoms. The third kappa shape index (κ3) is 2.59. The fourth-order valence-corrected chi connectivity index (χ4v) is 1.94. The van der Waals surface area contributed by atoms with Crippen LogP contribution in [0.15, 0.2) is 16.8 Å². The first kappa shape index (κ1) is 10.8. The van der Waals surface area contributed by atoms with Crippen LogP contribution in [0.2, 0.25) is 0 Å². The van der Waals surface area contributed by atoms with Gasteiger partial charge < -0.3 is 10.8 Å². The number of carboxylic acid groups (broad SMARTS) is 1. The molecule has 0 bridgehead atoms. The van der Waals surface area contributed by atoms with Gasteiger partial charge in [-0.25, -0.2) is 0 Å². The number of nitrogens with two attached hydrogens (primary N) is 1. The predicted molar refractivity (Wildman–Crippen MR) is 56.1 cm³/mol. The summed E-state index contributed by atoms with van der Waals surface area (Å²) in [4.78, 5) is 10.5. The molecule has 0 unspecified atom stereocenters. The highest BCUT2D eigenvalue weighted by Crippen LogP contribution is 2.21. The van der Waals surface area contributed by atoms with Crippen LogP contribution in [0.4, 0.5) is 0 Å². The molecular formula is C10H11NO2S. The van der Waals surface area contributed by atoms with E-state index in [1.54, 1.807) is 0 Å². The van der Waals surface area contributed by atoms with Gasteiger partial charge in [0.25, 0.3) is 0 Å². The lowest BCUT2D eigenvalue weighted by atomic mass is 9.93. The number of carboxylic acids is 1. The standard InChI is InChI=1S/C10H11NO2S/c1-2-8(7-3-4-14-6-7)9(11)5-10(12)13/h1,3-4,6,8-9H,5,11H2,(H,12,13)/t8-,9+/m0/s1. The fourth-order valence-electron chi connectivity index (χ4n) is 1.24. The number of hydrogen-bond acceptors (Lipinski definition) is 3. The minimum Gasteiger partial charge on any atom is -0.481 e. The molecule has 1 aromatic heterocycles. The Morgan fingerprint density at radius 3 is 2.93 bits per heavy atom. The minimum atomic E-state index is -0.923. The Balaban J connectivity index is 2.73. The summed E-state index contributed by atoms with van der Waals surface area (Å²) in [6.45, 7) is 0. The van der Waals surface area contributed by atoms with E-state index in [2.05, 4.69) is 5.92 Å². The number of rotatable bonds is 4. The second-order valence-electron chi connectivity index (χ2n) is 2.96. The first-order valence-electron chi connectivity index (χ1n) is 4.10. The summed E-state index contributed by atoms with van der Waals surface area (Å²) < 4.78 is 0. The Bertz CT molecular complexity index is 340. The summed E-state index contributed by atoms with van der Waals surface area (Å²) in [5.74, 6) is 1.30. The van der Waals surface area contributed by atoms with Crippen molar-refractivity contribution in [2.24, 2.45) is 5.73 Å². The number of thiophene rings is 1. The molecule has 0 aliphatic heterocycles. The summed E-state index contributed by atoms with van der Waals surface area (Å²) in [6.07, 6.45) is 5.22. The second-order valence-corrected chi connectivity index (χ2v) is 3.74. The highest BCUT2D eigenvalue weighted by Gasteiger charge is 2.20. The van der Waals surface area contributed by atoms with E-state index in [4.69, 9.17) is 17.3 Å². The summed E-state index contributed by atoms with van der Waals surface area (Å²) in [6, 6.07) is 1.35. The second kappa shape index (κ2) is 4.80. The van der Waals surface area contributed by atoms with Crippen LogP contribution in [-0.2, 0) is 4.79 Å². The summed E-state index contributed by atoms with van der Waals surface area (Å²) in [5.41, 5.74) is 6.62. The van der Waals surface area contributed by atoms with Crippen molar-refractivity contribution < 1.29 is 9.90 Å². The largest absolute Gasteiger partial charge is 0.481 e. The Labute approximate surface area is 86.6 Å². The quantitative estimate of drug-likeness (QED) is 0.734. The maximum Gasteiger partial charge on any atom is 0.304 e. The van der Waals surface area contributed by atoms with Gasteiger partial charge in [-0.1, -0.05) is 5.92 Å². The molecule has 0 aliphatic carbocycles. The molecule has 0 spiro atoms. The SMILES string of the molecule is C#C[C@@H](c1ccsc1)[C@H](N)CC(=O)O. The van der Waals surface area contributed by atoms with Crippen LogP contribution in [0.5, 0.6) is 0 Å². The van der Waals surface area contributed by atoms with Crippen molar-refractivity contribution in [2.45, 2.75) is 18.4 Å². The average Bonchev–Trinajstić information content (AvgIpc) is 2.57. The maximum atomic E-state index is 10.5. The third-order valence-corrected chi connectivity index (χ3v) is 2.62. The number of carbonyl (C=O) groups is 1. The molecule has 3 N–H and O–H groups in total. The first-order chi connectivity index (χ1) is 6.65. The molecule has 0 saturated heterocycles. The first-order valence-corrected chi connectivity index (χ1v) is 5.05. The van der Waals surface area contributed by atoms with Crippen LogP contribution in [0.1, 0.15) is 17.9 Å². The summed E-state index contributed by atoms with van der Waals surface area (Å²) >= 11 is 1.52. The van der Waals surface area contributed by atoms with E-state index in [1.165, 1.54) is 11.3 Å². The van der Waals surface area contributed by atoms with E-state index in [0.717, 1.165) is 5.56 Å². The van der Waals surface area contributed by atoms with E-state index < -0.39 is 12.0 Å². The van der Waals surface area contributed by atoms with Crippen LogP contribution in [0.3, 0.4) is 0 Å². The zero-order valence-electron chi connectivity index (χ0n) is 7.51. The Kier molecular flexibility index (Phi) is 3.69. The monoisotopic (exact) mass is 209 g/mol. The highest BCUT2D eigenvalue weighted by atomic mass is 32.1. The summed E-state index contributed by atoms with van der Waals surface area (Å²) in [7, 11) is 0. The molecule has 0 amide bonds. The minimum absolute atomic E-state index is 0.106. The molecule has 0 aliphatic rings. The van der Waals surface area contributed by atoms with Gasteiger partial charge in [-0.15, -0.1) is 6.42 Å². The van der Waals surface area contributed by atoms with Gasteiger partial charge in [0, 0.05) is 6.04 Å². The van der Waals surface area contributed by atoms with Crippen LogP contribution < -0.4 is 5.73 Å². The van der Waals surface area contributed by atoms with Crippen LogP contribution >= 0.6 is 11.3 Å². The molecule has 3 nitrogen and oxygen atoms in total. The topological polar surface area (TPSA) is 63.3 Å². The van der Waals surface area contributed by atoms with Gasteiger partial charge in [0.1, 0.15) is 0 Å². The maximum absolute atomic E-state index is 10.5. The van der Waals surface area contributed by atoms with Crippen molar-refractivity contribution in [3.8, 4) is 12.3 Å². The fraction of sp³-hybridized carbons (Fsp3) is 0.300. The number of hydrogen-bond donors (Lipinski definition) is 2. The Morgan fingerprint density at radius 1 is 1.79 bits per heavy atom. The van der Waals surface area contributed by atoms with E-state index >= 15 is 0 Å². The normalized spacial score (nSPS) is 14.3. The van der Waals surface area contributed by atoms with Crippen LogP contribution in [-0.4, -0.2) is 17.1 Å². The molecule has 2 atom stereocenters. The van der Waals surface area contributed by atoms with E-state index in [1.807, 2.05) is 16.8 Å². The molecule has 74 valence electrons. The van der Waals surface area contributed by atoms with Gasteiger partial charge >= 0.3 is 5.97 Å².